The molecule has 1 aromatic rings. The standard InChI is InChI=1S/C12H22N4/c1-10(2)11-8-12(15-9-14-11)13-6-5-7-16(3)4/h8-10H,5-7H2,1-4H3,(H,13,14,15). The van der Waals surface area contributed by atoms with Gasteiger partial charge in [0.05, 0.1) is 0 Å². The lowest BCUT2D eigenvalue weighted by molar-refractivity contribution is 0.405. The molecule has 0 amide bonds. The van der Waals surface area contributed by atoms with Crippen molar-refractivity contribution in [2.45, 2.75) is 26.2 Å². The molecule has 0 spiro atoms. The Labute approximate surface area is 98.1 Å². The lowest BCUT2D eigenvalue weighted by atomic mass is 10.1. The Kier molecular flexibility index (Phi) is 5.19. The highest BCUT2D eigenvalue weighted by Gasteiger charge is 2.02. The summed E-state index contributed by atoms with van der Waals surface area (Å²) >= 11 is 0. The van der Waals surface area contributed by atoms with Crippen molar-refractivity contribution in [3.8, 4) is 0 Å². The van der Waals surface area contributed by atoms with E-state index in [1.165, 1.54) is 0 Å². The zero-order valence-electron chi connectivity index (χ0n) is 10.7. The van der Waals surface area contributed by atoms with Gasteiger partial charge in [-0.05, 0) is 33.0 Å². The van der Waals surface area contributed by atoms with Crippen LogP contribution in [0.25, 0.3) is 0 Å². The number of anilines is 1. The van der Waals surface area contributed by atoms with Crippen molar-refractivity contribution in [1.82, 2.24) is 14.9 Å². The summed E-state index contributed by atoms with van der Waals surface area (Å²) in [6, 6.07) is 2.03. The fourth-order valence-electron chi connectivity index (χ4n) is 1.40. The molecular weight excluding hydrogens is 200 g/mol. The summed E-state index contributed by atoms with van der Waals surface area (Å²) in [5, 5.41) is 3.32. The number of rotatable bonds is 6. The first-order chi connectivity index (χ1) is 7.59. The molecule has 0 saturated carbocycles. The maximum atomic E-state index is 4.24. The lowest BCUT2D eigenvalue weighted by Gasteiger charge is -2.11. The van der Waals surface area contributed by atoms with Gasteiger partial charge >= 0.3 is 0 Å². The highest BCUT2D eigenvalue weighted by Crippen LogP contribution is 2.13. The predicted octanol–water partition coefficient (Wildman–Crippen LogP) is 1.96. The van der Waals surface area contributed by atoms with Gasteiger partial charge in [0.1, 0.15) is 12.1 Å². The number of hydrogen-bond donors (Lipinski definition) is 1. The molecule has 1 rings (SSSR count). The van der Waals surface area contributed by atoms with E-state index in [1.54, 1.807) is 6.33 Å². The first-order valence-corrected chi connectivity index (χ1v) is 5.80. The normalized spacial score (nSPS) is 11.1. The van der Waals surface area contributed by atoms with Crippen molar-refractivity contribution < 1.29 is 0 Å². The Morgan fingerprint density at radius 2 is 2.06 bits per heavy atom. The molecule has 0 aliphatic carbocycles. The quantitative estimate of drug-likeness (QED) is 0.747. The van der Waals surface area contributed by atoms with Gasteiger partial charge in [-0.2, -0.15) is 0 Å². The number of nitrogens with zero attached hydrogens (tertiary/aromatic N) is 3. The van der Waals surface area contributed by atoms with E-state index in [4.69, 9.17) is 0 Å². The van der Waals surface area contributed by atoms with E-state index in [0.29, 0.717) is 5.92 Å². The zero-order valence-corrected chi connectivity index (χ0v) is 10.7. The third-order valence-electron chi connectivity index (χ3n) is 2.37. The molecule has 0 aliphatic rings. The summed E-state index contributed by atoms with van der Waals surface area (Å²) in [5.74, 6) is 1.38. The second kappa shape index (κ2) is 6.43. The van der Waals surface area contributed by atoms with Crippen LogP contribution in [0.5, 0.6) is 0 Å². The van der Waals surface area contributed by atoms with E-state index in [1.807, 2.05) is 6.07 Å². The van der Waals surface area contributed by atoms with Crippen LogP contribution in [0, 0.1) is 0 Å². The van der Waals surface area contributed by atoms with Gasteiger partial charge in [-0.15, -0.1) is 0 Å². The average molecular weight is 222 g/mol. The largest absolute Gasteiger partial charge is 0.370 e. The minimum absolute atomic E-state index is 0.449. The summed E-state index contributed by atoms with van der Waals surface area (Å²) in [6.45, 7) is 6.32. The van der Waals surface area contributed by atoms with Crippen molar-refractivity contribution in [3.05, 3.63) is 18.1 Å². The van der Waals surface area contributed by atoms with Crippen molar-refractivity contribution in [2.24, 2.45) is 0 Å². The molecule has 0 fully saturated rings. The van der Waals surface area contributed by atoms with Crippen LogP contribution in [0.4, 0.5) is 5.82 Å². The maximum Gasteiger partial charge on any atom is 0.129 e. The molecule has 0 aliphatic heterocycles. The molecule has 0 saturated heterocycles. The Hall–Kier alpha value is -1.16. The van der Waals surface area contributed by atoms with Crippen molar-refractivity contribution in [1.29, 1.82) is 0 Å². The van der Waals surface area contributed by atoms with E-state index in [0.717, 1.165) is 31.0 Å². The third kappa shape index (κ3) is 4.57. The molecule has 1 N–H and O–H groups in total. The van der Waals surface area contributed by atoms with Crippen LogP contribution in [0.3, 0.4) is 0 Å². The Morgan fingerprint density at radius 1 is 1.31 bits per heavy atom. The molecule has 4 nitrogen and oxygen atoms in total. The monoisotopic (exact) mass is 222 g/mol. The topological polar surface area (TPSA) is 41.0 Å². The average Bonchev–Trinajstić information content (AvgIpc) is 2.24. The number of nitrogens with one attached hydrogen (secondary N) is 1. The van der Waals surface area contributed by atoms with E-state index in [9.17, 15) is 0 Å². The van der Waals surface area contributed by atoms with Crippen LogP contribution in [-0.2, 0) is 0 Å². The lowest BCUT2D eigenvalue weighted by Crippen LogP contribution is -2.16. The summed E-state index contributed by atoms with van der Waals surface area (Å²) < 4.78 is 0. The molecule has 0 aromatic carbocycles. The molecule has 4 heteroatoms. The van der Waals surface area contributed by atoms with Crippen LogP contribution >= 0.6 is 0 Å². The molecule has 0 atom stereocenters. The van der Waals surface area contributed by atoms with Gasteiger partial charge in [-0.3, -0.25) is 0 Å². The van der Waals surface area contributed by atoms with Gasteiger partial charge in [0.25, 0.3) is 0 Å². The van der Waals surface area contributed by atoms with E-state index < -0.39 is 0 Å². The summed E-state index contributed by atoms with van der Waals surface area (Å²) in [7, 11) is 4.17. The van der Waals surface area contributed by atoms with E-state index in [2.05, 4.69) is 48.1 Å². The van der Waals surface area contributed by atoms with Crippen molar-refractivity contribution >= 4 is 5.82 Å². The molecule has 0 bridgehead atoms. The van der Waals surface area contributed by atoms with E-state index in [-0.39, 0.29) is 0 Å². The first kappa shape index (κ1) is 12.9. The Bertz CT molecular complexity index is 310. The predicted molar refractivity (Wildman–Crippen MR) is 67.8 cm³/mol. The van der Waals surface area contributed by atoms with Crippen molar-refractivity contribution in [2.75, 3.05) is 32.5 Å². The van der Waals surface area contributed by atoms with Gasteiger partial charge in [0, 0.05) is 18.3 Å². The zero-order chi connectivity index (χ0) is 12.0. The molecule has 1 aromatic heterocycles. The molecule has 0 unspecified atom stereocenters. The molecule has 16 heavy (non-hydrogen) atoms. The third-order valence-corrected chi connectivity index (χ3v) is 2.37. The molecular formula is C12H22N4. The van der Waals surface area contributed by atoms with Gasteiger partial charge in [0.2, 0.25) is 0 Å². The van der Waals surface area contributed by atoms with Crippen molar-refractivity contribution in [3.63, 3.8) is 0 Å². The highest BCUT2D eigenvalue weighted by molar-refractivity contribution is 5.35. The molecule has 1 heterocycles. The smallest absolute Gasteiger partial charge is 0.129 e. The van der Waals surface area contributed by atoms with Gasteiger partial charge < -0.3 is 10.2 Å². The van der Waals surface area contributed by atoms with E-state index >= 15 is 0 Å². The van der Waals surface area contributed by atoms with Crippen LogP contribution in [-0.4, -0.2) is 42.1 Å². The van der Waals surface area contributed by atoms with Gasteiger partial charge in [-0.1, -0.05) is 13.8 Å². The second-order valence-electron chi connectivity index (χ2n) is 4.57. The number of aromatic nitrogens is 2. The maximum absolute atomic E-state index is 4.24. The number of hydrogen-bond acceptors (Lipinski definition) is 4. The summed E-state index contributed by atoms with van der Waals surface area (Å²) in [5.41, 5.74) is 1.09. The minimum atomic E-state index is 0.449. The van der Waals surface area contributed by atoms with Crippen LogP contribution < -0.4 is 5.32 Å². The Morgan fingerprint density at radius 3 is 2.69 bits per heavy atom. The van der Waals surface area contributed by atoms with Crippen LogP contribution in [0.2, 0.25) is 0 Å². The summed E-state index contributed by atoms with van der Waals surface area (Å²) in [6.07, 6.45) is 2.75. The second-order valence-corrected chi connectivity index (χ2v) is 4.57. The van der Waals surface area contributed by atoms with Gasteiger partial charge in [-0.25, -0.2) is 9.97 Å². The molecule has 0 radical (unpaired) electrons. The van der Waals surface area contributed by atoms with Gasteiger partial charge in [0.15, 0.2) is 0 Å². The molecule has 90 valence electrons. The fraction of sp³-hybridized carbons (Fsp3) is 0.667. The summed E-state index contributed by atoms with van der Waals surface area (Å²) in [4.78, 5) is 10.6. The fourth-order valence-corrected chi connectivity index (χ4v) is 1.40. The Balaban J connectivity index is 2.39. The SMILES string of the molecule is CC(C)c1cc(NCCCN(C)C)ncn1. The minimum Gasteiger partial charge on any atom is -0.370 e. The first-order valence-electron chi connectivity index (χ1n) is 5.80. The van der Waals surface area contributed by atoms with Crippen LogP contribution in [0.15, 0.2) is 12.4 Å². The van der Waals surface area contributed by atoms with Crippen LogP contribution in [0.1, 0.15) is 31.9 Å². The highest BCUT2D eigenvalue weighted by atomic mass is 15.1.